The Morgan fingerprint density at radius 1 is 1.21 bits per heavy atom. The van der Waals surface area contributed by atoms with Crippen LogP contribution >= 0.6 is 0 Å². The molecule has 1 aromatic heterocycles. The van der Waals surface area contributed by atoms with Crippen LogP contribution in [0.1, 0.15) is 31.4 Å². The van der Waals surface area contributed by atoms with Crippen LogP contribution in [0.5, 0.6) is 0 Å². The molecule has 4 aliphatic rings. The molecular weight excluding hydrogens is 377 g/mol. The van der Waals surface area contributed by atoms with E-state index < -0.39 is 11.9 Å². The third-order valence-electron chi connectivity index (χ3n) is 6.51. The minimum atomic E-state index is -4.47. The van der Waals surface area contributed by atoms with Crippen molar-refractivity contribution >= 4 is 11.9 Å². The van der Waals surface area contributed by atoms with Crippen LogP contribution in [0.25, 0.3) is 0 Å². The molecule has 152 valence electrons. The Labute approximate surface area is 159 Å². The summed E-state index contributed by atoms with van der Waals surface area (Å²) in [4.78, 5) is 28.6. The van der Waals surface area contributed by atoms with Gasteiger partial charge in [0.15, 0.2) is 5.69 Å². The number of nitrogens with one attached hydrogen (secondary N) is 1. The van der Waals surface area contributed by atoms with Crippen molar-refractivity contribution in [1.29, 1.82) is 0 Å². The van der Waals surface area contributed by atoms with E-state index in [1.165, 1.54) is 0 Å². The maximum absolute atomic E-state index is 12.6. The number of likely N-dealkylation sites (tertiary alicyclic amines) is 2. The Hall–Kier alpha value is -2.33. The van der Waals surface area contributed by atoms with Gasteiger partial charge < -0.3 is 15.1 Å². The first-order valence-corrected chi connectivity index (χ1v) is 9.48. The monoisotopic (exact) mass is 398 g/mol. The Kier molecular flexibility index (Phi) is 3.55. The molecule has 1 aromatic rings. The molecule has 11 heteroatoms. The summed E-state index contributed by atoms with van der Waals surface area (Å²) in [6.07, 6.45) is -0.640. The zero-order valence-electron chi connectivity index (χ0n) is 15.2. The van der Waals surface area contributed by atoms with E-state index in [1.54, 1.807) is 4.90 Å². The molecule has 0 atom stereocenters. The summed E-state index contributed by atoms with van der Waals surface area (Å²) in [6, 6.07) is 0.0180. The molecule has 0 radical (unpaired) electrons. The molecular formula is C17H21F3N6O2. The van der Waals surface area contributed by atoms with Gasteiger partial charge in [-0.2, -0.15) is 23.1 Å². The van der Waals surface area contributed by atoms with Crippen LogP contribution in [0, 0.1) is 11.3 Å². The lowest BCUT2D eigenvalue weighted by molar-refractivity contribution is -0.141. The highest BCUT2D eigenvalue weighted by molar-refractivity contribution is 5.82. The molecule has 0 bridgehead atoms. The lowest BCUT2D eigenvalue weighted by Crippen LogP contribution is -2.73. The van der Waals surface area contributed by atoms with E-state index in [1.807, 2.05) is 4.90 Å². The number of amides is 3. The second kappa shape index (κ2) is 5.60. The van der Waals surface area contributed by atoms with Gasteiger partial charge in [-0.15, -0.1) is 5.10 Å². The van der Waals surface area contributed by atoms with Crippen molar-refractivity contribution in [2.24, 2.45) is 11.3 Å². The maximum atomic E-state index is 12.6. The van der Waals surface area contributed by atoms with Crippen LogP contribution in [0.2, 0.25) is 0 Å². The number of urea groups is 1. The van der Waals surface area contributed by atoms with Gasteiger partial charge in [-0.3, -0.25) is 4.79 Å². The van der Waals surface area contributed by atoms with Gasteiger partial charge >= 0.3 is 12.2 Å². The predicted octanol–water partition coefficient (Wildman–Crippen LogP) is 1.09. The van der Waals surface area contributed by atoms with Crippen molar-refractivity contribution in [2.45, 2.75) is 43.9 Å². The fourth-order valence-corrected chi connectivity index (χ4v) is 5.23. The van der Waals surface area contributed by atoms with Crippen molar-refractivity contribution in [3.05, 3.63) is 11.9 Å². The van der Waals surface area contributed by atoms with Crippen LogP contribution in [0.4, 0.5) is 18.0 Å². The summed E-state index contributed by atoms with van der Waals surface area (Å²) in [7, 11) is 0. The lowest BCUT2D eigenvalue weighted by Gasteiger charge is -2.60. The third kappa shape index (κ3) is 2.82. The van der Waals surface area contributed by atoms with Gasteiger partial charge in [0, 0.05) is 38.0 Å². The number of hydrogen-bond donors (Lipinski definition) is 1. The van der Waals surface area contributed by atoms with Crippen molar-refractivity contribution in [3.63, 3.8) is 0 Å². The summed E-state index contributed by atoms with van der Waals surface area (Å²) in [6.45, 7) is 2.92. The van der Waals surface area contributed by atoms with Gasteiger partial charge in [-0.25, -0.2) is 4.79 Å². The first-order chi connectivity index (χ1) is 13.2. The normalized spacial score (nSPS) is 25.5. The molecule has 4 fully saturated rings. The zero-order valence-corrected chi connectivity index (χ0v) is 15.2. The van der Waals surface area contributed by atoms with E-state index in [9.17, 15) is 22.8 Å². The maximum Gasteiger partial charge on any atom is 0.436 e. The SMILES string of the molecule is O=C1CCC2(CN(C(=O)N3CC4(CC(Cn5ncc(C(F)(F)F)n5)C4)C3)C2)N1. The van der Waals surface area contributed by atoms with Gasteiger partial charge in [0.2, 0.25) is 5.91 Å². The Bertz CT molecular complexity index is 817. The van der Waals surface area contributed by atoms with E-state index >= 15 is 0 Å². The van der Waals surface area contributed by atoms with E-state index in [0.717, 1.165) is 30.3 Å². The summed E-state index contributed by atoms with van der Waals surface area (Å²) in [5.41, 5.74) is -1.07. The average Bonchev–Trinajstić information content (AvgIpc) is 3.12. The third-order valence-corrected chi connectivity index (χ3v) is 6.51. The lowest BCUT2D eigenvalue weighted by atomic mass is 9.58. The first-order valence-electron chi connectivity index (χ1n) is 9.48. The quantitative estimate of drug-likeness (QED) is 0.809. The van der Waals surface area contributed by atoms with Crippen molar-refractivity contribution < 1.29 is 22.8 Å². The topological polar surface area (TPSA) is 83.4 Å². The van der Waals surface area contributed by atoms with E-state index in [-0.39, 0.29) is 28.8 Å². The number of carbonyl (C=O) groups excluding carboxylic acids is 2. The molecule has 0 aromatic carbocycles. The first kappa shape index (κ1) is 17.7. The fourth-order valence-electron chi connectivity index (χ4n) is 5.23. The molecule has 1 aliphatic carbocycles. The average molecular weight is 398 g/mol. The highest BCUT2D eigenvalue weighted by atomic mass is 19.4. The van der Waals surface area contributed by atoms with Gasteiger partial charge in [-0.1, -0.05) is 0 Å². The van der Waals surface area contributed by atoms with Gasteiger partial charge in [0.05, 0.1) is 18.3 Å². The summed E-state index contributed by atoms with van der Waals surface area (Å²) in [5.74, 6) is 0.302. The number of carbonyl (C=O) groups is 2. The van der Waals surface area contributed by atoms with Gasteiger partial charge in [0.1, 0.15) is 0 Å². The Morgan fingerprint density at radius 2 is 1.89 bits per heavy atom. The van der Waals surface area contributed by atoms with Crippen LogP contribution in [0.15, 0.2) is 6.20 Å². The summed E-state index contributed by atoms with van der Waals surface area (Å²) < 4.78 is 37.7. The molecule has 3 saturated heterocycles. The van der Waals surface area contributed by atoms with Crippen molar-refractivity contribution in [3.8, 4) is 0 Å². The van der Waals surface area contributed by atoms with Gasteiger partial charge in [-0.05, 0) is 25.2 Å². The second-order valence-electron chi connectivity index (χ2n) is 8.88. The highest BCUT2D eigenvalue weighted by Gasteiger charge is 2.56. The summed E-state index contributed by atoms with van der Waals surface area (Å²) >= 11 is 0. The molecule has 1 saturated carbocycles. The number of nitrogens with zero attached hydrogens (tertiary/aromatic N) is 5. The molecule has 3 amide bonds. The predicted molar refractivity (Wildman–Crippen MR) is 88.8 cm³/mol. The van der Waals surface area contributed by atoms with Crippen LogP contribution in [-0.4, -0.2) is 68.4 Å². The summed E-state index contributed by atoms with van der Waals surface area (Å²) in [5, 5.41) is 10.2. The van der Waals surface area contributed by atoms with Gasteiger partial charge in [0.25, 0.3) is 0 Å². The molecule has 5 rings (SSSR count). The number of aromatic nitrogens is 3. The second-order valence-corrected chi connectivity index (χ2v) is 8.88. The molecule has 2 spiro atoms. The van der Waals surface area contributed by atoms with E-state index in [4.69, 9.17) is 0 Å². The highest BCUT2D eigenvalue weighted by Crippen LogP contribution is 2.52. The molecule has 1 N–H and O–H groups in total. The van der Waals surface area contributed by atoms with E-state index in [0.29, 0.717) is 39.1 Å². The minimum Gasteiger partial charge on any atom is -0.347 e. The molecule has 0 unspecified atom stereocenters. The Balaban J connectivity index is 1.07. The molecule has 8 nitrogen and oxygen atoms in total. The smallest absolute Gasteiger partial charge is 0.347 e. The Morgan fingerprint density at radius 3 is 2.46 bits per heavy atom. The number of alkyl halides is 3. The molecule has 4 heterocycles. The van der Waals surface area contributed by atoms with E-state index in [2.05, 4.69) is 15.5 Å². The van der Waals surface area contributed by atoms with Crippen LogP contribution in [-0.2, 0) is 17.5 Å². The molecule has 3 aliphatic heterocycles. The largest absolute Gasteiger partial charge is 0.436 e. The fraction of sp³-hybridized carbons (Fsp3) is 0.765. The number of halogens is 3. The standard InChI is InChI=1S/C17H21F3N6O2/c18-17(19,20)12-5-21-26(23-12)6-11-3-15(4-11)7-24(8-15)14(28)25-9-16(10-25)2-1-13(27)22-16/h5,11H,1-4,6-10H2,(H,22,27). The van der Waals surface area contributed by atoms with Crippen molar-refractivity contribution in [2.75, 3.05) is 26.2 Å². The van der Waals surface area contributed by atoms with Crippen molar-refractivity contribution in [1.82, 2.24) is 30.1 Å². The minimum absolute atomic E-state index is 0.0180. The zero-order chi connectivity index (χ0) is 19.7. The number of hydrogen-bond acceptors (Lipinski definition) is 4. The van der Waals surface area contributed by atoms with Crippen LogP contribution in [0.3, 0.4) is 0 Å². The number of rotatable bonds is 2. The van der Waals surface area contributed by atoms with Crippen LogP contribution < -0.4 is 5.32 Å². The molecule has 28 heavy (non-hydrogen) atoms.